The van der Waals surface area contributed by atoms with E-state index in [1.165, 1.54) is 13.3 Å². The number of rotatable bonds is 7. The molecule has 0 aromatic heterocycles. The summed E-state index contributed by atoms with van der Waals surface area (Å²) in [6.45, 7) is 4.55. The number of methoxy groups -OCH3 is 1. The summed E-state index contributed by atoms with van der Waals surface area (Å²) in [5.41, 5.74) is 2.90. The van der Waals surface area contributed by atoms with Gasteiger partial charge < -0.3 is 14.2 Å². The van der Waals surface area contributed by atoms with E-state index in [1.807, 2.05) is 6.92 Å². The number of nitrogens with zero attached hydrogens (tertiary/aromatic N) is 1. The molecule has 0 aliphatic rings. The quantitative estimate of drug-likeness (QED) is 0.619. The Balaban J connectivity index is 2.82. The summed E-state index contributed by atoms with van der Waals surface area (Å²) in [5.74, 6) is 1.00. The molecule has 1 amide bonds. The summed E-state index contributed by atoms with van der Waals surface area (Å²) in [6, 6.07) is 3.39. The van der Waals surface area contributed by atoms with E-state index in [0.717, 1.165) is 6.42 Å². The third kappa shape index (κ3) is 5.51. The van der Waals surface area contributed by atoms with Gasteiger partial charge in [0.1, 0.15) is 0 Å². The fraction of sp³-hybridized carbons (Fsp3) is 0.429. The van der Waals surface area contributed by atoms with E-state index in [4.69, 9.17) is 21.1 Å². The summed E-state index contributed by atoms with van der Waals surface area (Å²) in [5, 5.41) is 4.18. The lowest BCUT2D eigenvalue weighted by molar-refractivity contribution is 0.152. The van der Waals surface area contributed by atoms with Crippen LogP contribution in [-0.2, 0) is 4.74 Å². The minimum Gasteiger partial charge on any atom is -0.493 e. The normalized spacial score (nSPS) is 10.5. The Morgan fingerprint density at radius 2 is 2.19 bits per heavy atom. The SMILES string of the molecule is CCCOc1c(Cl)cc(/C=N\NC(=O)OCC)cc1OC. The van der Waals surface area contributed by atoms with Crippen LogP contribution in [0.3, 0.4) is 0 Å². The Morgan fingerprint density at radius 3 is 2.81 bits per heavy atom. The van der Waals surface area contributed by atoms with Gasteiger partial charge in [0.2, 0.25) is 0 Å². The van der Waals surface area contributed by atoms with Crippen LogP contribution >= 0.6 is 11.6 Å². The van der Waals surface area contributed by atoms with Crippen LogP contribution < -0.4 is 14.9 Å². The molecule has 0 saturated carbocycles. The Labute approximate surface area is 129 Å². The second-order valence-electron chi connectivity index (χ2n) is 3.97. The number of hydrazone groups is 1. The molecule has 1 N–H and O–H groups in total. The third-order valence-corrected chi connectivity index (χ3v) is 2.63. The largest absolute Gasteiger partial charge is 0.493 e. The number of carbonyl (C=O) groups is 1. The molecule has 0 atom stereocenters. The van der Waals surface area contributed by atoms with Crippen molar-refractivity contribution in [1.82, 2.24) is 5.43 Å². The maximum atomic E-state index is 11.1. The monoisotopic (exact) mass is 314 g/mol. The zero-order valence-corrected chi connectivity index (χ0v) is 13.1. The van der Waals surface area contributed by atoms with Crippen molar-refractivity contribution in [2.45, 2.75) is 20.3 Å². The molecule has 0 heterocycles. The molecule has 1 rings (SSSR count). The first kappa shape index (κ1) is 17.1. The van der Waals surface area contributed by atoms with Crippen LogP contribution in [0.15, 0.2) is 17.2 Å². The van der Waals surface area contributed by atoms with Crippen molar-refractivity contribution < 1.29 is 19.0 Å². The number of benzene rings is 1. The van der Waals surface area contributed by atoms with Gasteiger partial charge in [0.05, 0.1) is 31.6 Å². The van der Waals surface area contributed by atoms with Crippen molar-refractivity contribution in [2.75, 3.05) is 20.3 Å². The van der Waals surface area contributed by atoms with Gasteiger partial charge in [-0.1, -0.05) is 18.5 Å². The van der Waals surface area contributed by atoms with Gasteiger partial charge in [0, 0.05) is 0 Å². The van der Waals surface area contributed by atoms with E-state index in [1.54, 1.807) is 19.1 Å². The van der Waals surface area contributed by atoms with Crippen LogP contribution in [0.5, 0.6) is 11.5 Å². The molecular weight excluding hydrogens is 296 g/mol. The van der Waals surface area contributed by atoms with E-state index in [0.29, 0.717) is 28.7 Å². The standard InChI is InChI=1S/C14H19ClN2O4/c1-4-6-21-13-11(15)7-10(8-12(13)19-3)9-16-17-14(18)20-5-2/h7-9H,4-6H2,1-3H3,(H,17,18)/b16-9-. The molecule has 6 nitrogen and oxygen atoms in total. The first-order chi connectivity index (χ1) is 10.1. The first-order valence-electron chi connectivity index (χ1n) is 6.58. The molecule has 0 aliphatic heterocycles. The Hall–Kier alpha value is -1.95. The average molecular weight is 315 g/mol. The molecule has 1 aromatic carbocycles. The van der Waals surface area contributed by atoms with Gasteiger partial charge in [-0.15, -0.1) is 0 Å². The van der Waals surface area contributed by atoms with E-state index >= 15 is 0 Å². The van der Waals surface area contributed by atoms with E-state index in [2.05, 4.69) is 15.3 Å². The molecule has 0 saturated heterocycles. The lowest BCUT2D eigenvalue weighted by Gasteiger charge is -2.12. The van der Waals surface area contributed by atoms with Crippen molar-refractivity contribution in [3.8, 4) is 11.5 Å². The van der Waals surface area contributed by atoms with Crippen LogP contribution in [0.25, 0.3) is 0 Å². The van der Waals surface area contributed by atoms with Crippen molar-refractivity contribution in [3.05, 3.63) is 22.7 Å². The number of amides is 1. The Kier molecular flexibility index (Phi) is 7.39. The van der Waals surface area contributed by atoms with Crippen molar-refractivity contribution in [2.24, 2.45) is 5.10 Å². The third-order valence-electron chi connectivity index (χ3n) is 2.35. The number of nitrogens with one attached hydrogen (secondary N) is 1. The molecule has 0 fully saturated rings. The predicted molar refractivity (Wildman–Crippen MR) is 81.5 cm³/mol. The summed E-state index contributed by atoms with van der Waals surface area (Å²) in [7, 11) is 1.53. The van der Waals surface area contributed by atoms with Crippen molar-refractivity contribution in [3.63, 3.8) is 0 Å². The van der Waals surface area contributed by atoms with E-state index in [-0.39, 0.29) is 6.61 Å². The fourth-order valence-electron chi connectivity index (χ4n) is 1.48. The van der Waals surface area contributed by atoms with Gasteiger partial charge in [-0.05, 0) is 31.0 Å². The Bertz CT molecular complexity index is 506. The lowest BCUT2D eigenvalue weighted by atomic mass is 10.2. The first-order valence-corrected chi connectivity index (χ1v) is 6.96. The highest BCUT2D eigenvalue weighted by Crippen LogP contribution is 2.36. The highest BCUT2D eigenvalue weighted by molar-refractivity contribution is 6.32. The minimum absolute atomic E-state index is 0.282. The number of hydrogen-bond acceptors (Lipinski definition) is 5. The zero-order valence-electron chi connectivity index (χ0n) is 12.3. The zero-order chi connectivity index (χ0) is 15.7. The van der Waals surface area contributed by atoms with Gasteiger partial charge in [0.25, 0.3) is 0 Å². The van der Waals surface area contributed by atoms with Crippen LogP contribution in [0.1, 0.15) is 25.8 Å². The molecule has 0 spiro atoms. The predicted octanol–water partition coefficient (Wildman–Crippen LogP) is 3.22. The maximum absolute atomic E-state index is 11.1. The molecule has 0 bridgehead atoms. The second-order valence-corrected chi connectivity index (χ2v) is 4.38. The molecule has 7 heteroatoms. The maximum Gasteiger partial charge on any atom is 0.427 e. The van der Waals surface area contributed by atoms with Crippen LogP contribution in [0.2, 0.25) is 5.02 Å². The van der Waals surface area contributed by atoms with Gasteiger partial charge in [0.15, 0.2) is 11.5 Å². The number of halogens is 1. The molecule has 21 heavy (non-hydrogen) atoms. The smallest absolute Gasteiger partial charge is 0.427 e. The molecule has 0 radical (unpaired) electrons. The summed E-state index contributed by atoms with van der Waals surface area (Å²) in [4.78, 5) is 11.1. The topological polar surface area (TPSA) is 69.2 Å². The molecule has 0 aliphatic carbocycles. The van der Waals surface area contributed by atoms with Gasteiger partial charge >= 0.3 is 6.09 Å². The minimum atomic E-state index is -0.616. The summed E-state index contributed by atoms with van der Waals surface area (Å²) in [6.07, 6.45) is 1.69. The summed E-state index contributed by atoms with van der Waals surface area (Å²) < 4.78 is 15.5. The highest BCUT2D eigenvalue weighted by atomic mass is 35.5. The van der Waals surface area contributed by atoms with Gasteiger partial charge in [-0.2, -0.15) is 5.10 Å². The van der Waals surface area contributed by atoms with Crippen LogP contribution in [0.4, 0.5) is 4.79 Å². The Morgan fingerprint density at radius 1 is 1.43 bits per heavy atom. The van der Waals surface area contributed by atoms with Gasteiger partial charge in [-0.25, -0.2) is 10.2 Å². The number of carbonyl (C=O) groups excluding carboxylic acids is 1. The molecule has 0 unspecified atom stereocenters. The molecule has 1 aromatic rings. The lowest BCUT2D eigenvalue weighted by Crippen LogP contribution is -2.18. The fourth-order valence-corrected chi connectivity index (χ4v) is 1.76. The van der Waals surface area contributed by atoms with E-state index < -0.39 is 6.09 Å². The molecular formula is C14H19ClN2O4. The number of ether oxygens (including phenoxy) is 3. The van der Waals surface area contributed by atoms with Crippen LogP contribution in [-0.4, -0.2) is 32.6 Å². The van der Waals surface area contributed by atoms with E-state index in [9.17, 15) is 4.79 Å². The highest BCUT2D eigenvalue weighted by Gasteiger charge is 2.11. The van der Waals surface area contributed by atoms with Crippen molar-refractivity contribution in [1.29, 1.82) is 0 Å². The molecule has 116 valence electrons. The summed E-state index contributed by atoms with van der Waals surface area (Å²) >= 11 is 6.16. The number of hydrogen-bond donors (Lipinski definition) is 1. The van der Waals surface area contributed by atoms with Crippen molar-refractivity contribution >= 4 is 23.9 Å². The average Bonchev–Trinajstić information content (AvgIpc) is 2.46. The van der Waals surface area contributed by atoms with Crippen LogP contribution in [0, 0.1) is 0 Å². The second kappa shape index (κ2) is 9.07. The van der Waals surface area contributed by atoms with Gasteiger partial charge in [-0.3, -0.25) is 0 Å².